The maximum atomic E-state index is 13.9. The van der Waals surface area contributed by atoms with E-state index in [1.54, 1.807) is 6.33 Å². The highest BCUT2D eigenvalue weighted by molar-refractivity contribution is 9.10. The molecule has 0 saturated carbocycles. The molecule has 178 valence electrons. The number of nitrogens with one attached hydrogen (secondary N) is 2. The van der Waals surface area contributed by atoms with Crippen LogP contribution in [0.5, 0.6) is 0 Å². The van der Waals surface area contributed by atoms with E-state index in [1.807, 2.05) is 29.2 Å². The number of carbonyl (C=O) groups excluding carboxylic acids is 1. The van der Waals surface area contributed by atoms with Crippen LogP contribution >= 0.6 is 27.5 Å². The second kappa shape index (κ2) is 9.76. The van der Waals surface area contributed by atoms with E-state index in [1.165, 1.54) is 0 Å². The average molecular weight is 536 g/mol. The maximum Gasteiger partial charge on any atom is 0.233 e. The third kappa shape index (κ3) is 5.28. The molecule has 2 aliphatic heterocycles. The van der Waals surface area contributed by atoms with Crippen molar-refractivity contribution in [2.45, 2.75) is 44.6 Å². The topological polar surface area (TPSA) is 73.4 Å². The number of aromatic nitrogens is 2. The molecule has 4 rings (SSSR count). The number of benzene rings is 1. The molecule has 2 N–H and O–H groups in total. The van der Waals surface area contributed by atoms with Gasteiger partial charge in [-0.2, -0.15) is 0 Å². The smallest absolute Gasteiger partial charge is 0.233 e. The van der Waals surface area contributed by atoms with E-state index in [9.17, 15) is 4.79 Å². The fourth-order valence-electron chi connectivity index (χ4n) is 4.70. The van der Waals surface area contributed by atoms with Crippen LogP contribution in [0.2, 0.25) is 5.02 Å². The van der Waals surface area contributed by atoms with Crippen molar-refractivity contribution >= 4 is 45.1 Å². The highest BCUT2D eigenvalue weighted by Gasteiger charge is 2.44. The van der Waals surface area contributed by atoms with Crippen LogP contribution in [0.1, 0.15) is 39.2 Å². The van der Waals surface area contributed by atoms with Crippen molar-refractivity contribution in [1.29, 1.82) is 0 Å². The Kier molecular flexibility index (Phi) is 7.17. The summed E-state index contributed by atoms with van der Waals surface area (Å²) in [5.74, 6) is 1.86. The van der Waals surface area contributed by atoms with E-state index in [0.717, 1.165) is 60.7 Å². The predicted octanol–water partition coefficient (Wildman–Crippen LogP) is 4.07. The molecule has 2 fully saturated rings. The molecule has 2 saturated heterocycles. The molecule has 0 radical (unpaired) electrons. The van der Waals surface area contributed by atoms with Crippen LogP contribution in [-0.2, 0) is 10.2 Å². The van der Waals surface area contributed by atoms with Crippen molar-refractivity contribution in [3.05, 3.63) is 45.7 Å². The summed E-state index contributed by atoms with van der Waals surface area (Å²) in [4.78, 5) is 27.1. The Balaban J connectivity index is 1.50. The summed E-state index contributed by atoms with van der Waals surface area (Å²) in [6.45, 7) is 10.8. The molecule has 0 atom stereocenters. The van der Waals surface area contributed by atoms with Crippen molar-refractivity contribution in [1.82, 2.24) is 20.2 Å². The lowest BCUT2D eigenvalue weighted by Gasteiger charge is -2.43. The number of anilines is 2. The van der Waals surface area contributed by atoms with Gasteiger partial charge in [-0.25, -0.2) is 9.97 Å². The highest BCUT2D eigenvalue weighted by atomic mass is 79.9. The molecule has 9 heteroatoms. The minimum absolute atomic E-state index is 0.107. The normalized spacial score (nSPS) is 18.8. The summed E-state index contributed by atoms with van der Waals surface area (Å²) < 4.78 is 0.857. The lowest BCUT2D eigenvalue weighted by molar-refractivity contribution is -0.139. The third-order valence-electron chi connectivity index (χ3n) is 6.39. The lowest BCUT2D eigenvalue weighted by Crippen LogP contribution is -2.57. The highest BCUT2D eigenvalue weighted by Crippen LogP contribution is 2.37. The van der Waals surface area contributed by atoms with Gasteiger partial charge in [0.1, 0.15) is 22.4 Å². The second-order valence-electron chi connectivity index (χ2n) is 9.85. The van der Waals surface area contributed by atoms with Gasteiger partial charge < -0.3 is 20.4 Å². The van der Waals surface area contributed by atoms with E-state index in [-0.39, 0.29) is 11.4 Å². The first kappa shape index (κ1) is 24.2. The first-order valence-corrected chi connectivity index (χ1v) is 12.7. The van der Waals surface area contributed by atoms with Gasteiger partial charge in [-0.1, -0.05) is 23.7 Å². The molecule has 1 aromatic heterocycles. The second-order valence-corrected chi connectivity index (χ2v) is 11.1. The number of piperidine rings is 1. The number of piperazine rings is 1. The van der Waals surface area contributed by atoms with Gasteiger partial charge in [0.05, 0.1) is 5.41 Å². The zero-order valence-electron chi connectivity index (χ0n) is 19.5. The third-order valence-corrected chi connectivity index (χ3v) is 7.38. The van der Waals surface area contributed by atoms with E-state index in [2.05, 4.69) is 62.2 Å². The van der Waals surface area contributed by atoms with Gasteiger partial charge >= 0.3 is 0 Å². The Labute approximate surface area is 209 Å². The van der Waals surface area contributed by atoms with Gasteiger partial charge in [0.25, 0.3) is 0 Å². The van der Waals surface area contributed by atoms with E-state index in [0.29, 0.717) is 18.1 Å². The summed E-state index contributed by atoms with van der Waals surface area (Å²) in [6, 6.07) is 7.82. The van der Waals surface area contributed by atoms with E-state index >= 15 is 0 Å². The molecule has 0 aliphatic carbocycles. The molecule has 2 aromatic rings. The Bertz CT molecular complexity index is 979. The fourth-order valence-corrected chi connectivity index (χ4v) is 5.38. The Morgan fingerprint density at radius 2 is 1.73 bits per heavy atom. The van der Waals surface area contributed by atoms with Crippen molar-refractivity contribution in [2.75, 3.05) is 49.5 Å². The molecule has 0 bridgehead atoms. The summed E-state index contributed by atoms with van der Waals surface area (Å²) >= 11 is 9.82. The van der Waals surface area contributed by atoms with E-state index < -0.39 is 5.41 Å². The number of hydrogen-bond donors (Lipinski definition) is 2. The first-order valence-electron chi connectivity index (χ1n) is 11.5. The molecule has 0 unspecified atom stereocenters. The van der Waals surface area contributed by atoms with Crippen LogP contribution in [0.4, 0.5) is 11.6 Å². The Hall–Kier alpha value is -1.90. The Morgan fingerprint density at radius 3 is 2.33 bits per heavy atom. The number of amides is 1. The standard InChI is InChI=1S/C24H32BrClN6O/c1-23(2,3)30-20-19(25)21(29-16-28-20)31-12-14-32(15-13-31)22(33)24(8-10-27-11-9-24)17-4-6-18(26)7-5-17/h4-7,16,27H,8-15H2,1-3H3,(H,28,29,30). The van der Waals surface area contributed by atoms with Crippen molar-refractivity contribution < 1.29 is 4.79 Å². The SMILES string of the molecule is CC(C)(C)Nc1ncnc(N2CCN(C(=O)C3(c4ccc(Cl)cc4)CCNCC3)CC2)c1Br. The largest absolute Gasteiger partial charge is 0.364 e. The van der Waals surface area contributed by atoms with Crippen molar-refractivity contribution in [2.24, 2.45) is 0 Å². The summed E-state index contributed by atoms with van der Waals surface area (Å²) in [5.41, 5.74) is 0.471. The monoisotopic (exact) mass is 534 g/mol. The molecule has 2 aliphatic rings. The van der Waals surface area contributed by atoms with Crippen molar-refractivity contribution in [3.63, 3.8) is 0 Å². The molecule has 1 amide bonds. The van der Waals surface area contributed by atoms with Crippen LogP contribution in [0.25, 0.3) is 0 Å². The minimum Gasteiger partial charge on any atom is -0.364 e. The predicted molar refractivity (Wildman–Crippen MR) is 137 cm³/mol. The van der Waals surface area contributed by atoms with Crippen LogP contribution in [0.3, 0.4) is 0 Å². The van der Waals surface area contributed by atoms with Crippen LogP contribution in [0, 0.1) is 0 Å². The maximum absolute atomic E-state index is 13.9. The molecule has 1 aromatic carbocycles. The van der Waals surface area contributed by atoms with E-state index in [4.69, 9.17) is 11.6 Å². The van der Waals surface area contributed by atoms with Crippen molar-refractivity contribution in [3.8, 4) is 0 Å². The molecule has 0 spiro atoms. The average Bonchev–Trinajstić information content (AvgIpc) is 2.80. The number of halogens is 2. The molecule has 33 heavy (non-hydrogen) atoms. The first-order chi connectivity index (χ1) is 15.7. The number of nitrogens with zero attached hydrogens (tertiary/aromatic N) is 4. The summed E-state index contributed by atoms with van der Waals surface area (Å²) in [5, 5.41) is 7.52. The number of hydrogen-bond acceptors (Lipinski definition) is 6. The van der Waals surface area contributed by atoms with Gasteiger partial charge in [0.2, 0.25) is 5.91 Å². The van der Waals surface area contributed by atoms with Gasteiger partial charge in [0, 0.05) is 36.7 Å². The Morgan fingerprint density at radius 1 is 1.09 bits per heavy atom. The van der Waals surface area contributed by atoms with Crippen LogP contribution in [-0.4, -0.2) is 65.6 Å². The number of rotatable bonds is 4. The quantitative estimate of drug-likeness (QED) is 0.615. The van der Waals surface area contributed by atoms with Gasteiger partial charge in [-0.15, -0.1) is 0 Å². The minimum atomic E-state index is -0.489. The molecular formula is C24H32BrClN6O. The summed E-state index contributed by atoms with van der Waals surface area (Å²) in [6.07, 6.45) is 3.19. The zero-order valence-corrected chi connectivity index (χ0v) is 21.8. The summed E-state index contributed by atoms with van der Waals surface area (Å²) in [7, 11) is 0. The van der Waals surface area contributed by atoms with Gasteiger partial charge in [-0.3, -0.25) is 4.79 Å². The lowest BCUT2D eigenvalue weighted by atomic mass is 9.72. The van der Waals surface area contributed by atoms with Gasteiger partial charge in [0.15, 0.2) is 0 Å². The zero-order chi connectivity index (χ0) is 23.6. The number of carbonyl (C=O) groups is 1. The molecule has 3 heterocycles. The molecular weight excluding hydrogens is 504 g/mol. The van der Waals surface area contributed by atoms with Gasteiger partial charge in [-0.05, 0) is 80.3 Å². The molecule has 7 nitrogen and oxygen atoms in total. The fraction of sp³-hybridized carbons (Fsp3) is 0.542. The van der Waals surface area contributed by atoms with Crippen LogP contribution in [0.15, 0.2) is 35.1 Å². The van der Waals surface area contributed by atoms with Crippen LogP contribution < -0.4 is 15.5 Å².